The van der Waals surface area contributed by atoms with Crippen molar-refractivity contribution in [3.8, 4) is 0 Å². The Balaban J connectivity index is 2.73. The zero-order valence-electron chi connectivity index (χ0n) is 14.0. The third kappa shape index (κ3) is 5.19. The van der Waals surface area contributed by atoms with Gasteiger partial charge in [0.05, 0.1) is 6.04 Å². The van der Waals surface area contributed by atoms with E-state index in [1.54, 1.807) is 13.8 Å². The Labute approximate surface area is 140 Å². The average molecular weight is 342 g/mol. The number of nitrogens with two attached hydrogens (primary N) is 2. The molecule has 0 aromatic carbocycles. The molecule has 0 radical (unpaired) electrons. The number of carbonyl (C=O) groups is 4. The number of likely N-dealkylation sites (tertiary alicyclic amines) is 1. The Bertz CT molecular complexity index is 508. The topological polar surface area (TPSA) is 156 Å². The van der Waals surface area contributed by atoms with Crippen LogP contribution in [0.5, 0.6) is 0 Å². The lowest BCUT2D eigenvalue weighted by molar-refractivity contribution is -0.145. The standard InChI is InChI=1S/C15H26N4O5/c1-8(2)12(15(23)24)18-13(21)10-4-3-7-19(10)14(22)9(16)5-6-11(17)20/h8-10,12H,3-7,16H2,1-2H3,(H2,17,20)(H,18,21)(H,23,24)/t9-,10-,12-/m0/s1. The predicted molar refractivity (Wildman–Crippen MR) is 85.5 cm³/mol. The third-order valence-corrected chi connectivity index (χ3v) is 4.09. The average Bonchev–Trinajstić information content (AvgIpc) is 2.97. The molecule has 1 fully saturated rings. The van der Waals surface area contributed by atoms with Crippen LogP contribution >= 0.6 is 0 Å². The fourth-order valence-electron chi connectivity index (χ4n) is 2.70. The quantitative estimate of drug-likeness (QED) is 0.434. The summed E-state index contributed by atoms with van der Waals surface area (Å²) in [4.78, 5) is 48.1. The molecule has 0 saturated carbocycles. The van der Waals surface area contributed by atoms with Gasteiger partial charge in [0.25, 0.3) is 0 Å². The number of amides is 3. The van der Waals surface area contributed by atoms with Crippen LogP contribution in [-0.4, -0.2) is 58.4 Å². The second-order valence-corrected chi connectivity index (χ2v) is 6.37. The lowest BCUT2D eigenvalue weighted by atomic mass is 10.0. The minimum atomic E-state index is -1.12. The summed E-state index contributed by atoms with van der Waals surface area (Å²) in [6.45, 7) is 3.76. The maximum atomic E-state index is 12.4. The van der Waals surface area contributed by atoms with Crippen molar-refractivity contribution in [2.24, 2.45) is 17.4 Å². The fraction of sp³-hybridized carbons (Fsp3) is 0.733. The molecular weight excluding hydrogens is 316 g/mol. The molecule has 1 aliphatic rings. The number of hydrogen-bond acceptors (Lipinski definition) is 5. The Hall–Kier alpha value is -2.16. The molecule has 0 unspecified atom stereocenters. The number of aliphatic carboxylic acids is 1. The Morgan fingerprint density at radius 1 is 1.29 bits per heavy atom. The van der Waals surface area contributed by atoms with Crippen molar-refractivity contribution in [2.75, 3.05) is 6.54 Å². The van der Waals surface area contributed by atoms with E-state index in [1.807, 2.05) is 0 Å². The zero-order valence-corrected chi connectivity index (χ0v) is 14.0. The van der Waals surface area contributed by atoms with Gasteiger partial charge in [0, 0.05) is 13.0 Å². The fourth-order valence-corrected chi connectivity index (χ4v) is 2.70. The number of primary amides is 1. The molecule has 0 aromatic heterocycles. The SMILES string of the molecule is CC(C)[C@H](NC(=O)[C@@H]1CCCN1C(=O)[C@@H](N)CCC(N)=O)C(=O)O. The predicted octanol–water partition coefficient (Wildman–Crippen LogP) is -1.20. The monoisotopic (exact) mass is 342 g/mol. The van der Waals surface area contributed by atoms with E-state index in [4.69, 9.17) is 16.6 Å². The van der Waals surface area contributed by atoms with Crippen molar-refractivity contribution in [3.63, 3.8) is 0 Å². The summed E-state index contributed by atoms with van der Waals surface area (Å²) < 4.78 is 0. The van der Waals surface area contributed by atoms with Gasteiger partial charge < -0.3 is 26.8 Å². The lowest BCUT2D eigenvalue weighted by Gasteiger charge is -2.28. The molecule has 1 saturated heterocycles. The second-order valence-electron chi connectivity index (χ2n) is 6.37. The molecule has 9 nitrogen and oxygen atoms in total. The summed E-state index contributed by atoms with van der Waals surface area (Å²) >= 11 is 0. The van der Waals surface area contributed by atoms with Gasteiger partial charge in [-0.05, 0) is 25.2 Å². The van der Waals surface area contributed by atoms with E-state index in [-0.39, 0.29) is 18.8 Å². The zero-order chi connectivity index (χ0) is 18.4. The molecule has 0 aromatic rings. The Kier molecular flexibility index (Phi) is 7.15. The van der Waals surface area contributed by atoms with Gasteiger partial charge in [-0.2, -0.15) is 0 Å². The summed E-state index contributed by atoms with van der Waals surface area (Å²) in [6.07, 6.45) is 1.19. The van der Waals surface area contributed by atoms with Crippen molar-refractivity contribution in [2.45, 2.75) is 57.7 Å². The van der Waals surface area contributed by atoms with Gasteiger partial charge in [-0.15, -0.1) is 0 Å². The second kappa shape index (κ2) is 8.62. The summed E-state index contributed by atoms with van der Waals surface area (Å²) in [6, 6.07) is -2.66. The van der Waals surface area contributed by atoms with E-state index in [0.717, 1.165) is 0 Å². The van der Waals surface area contributed by atoms with Crippen LogP contribution in [0.4, 0.5) is 0 Å². The summed E-state index contributed by atoms with van der Waals surface area (Å²) in [5.74, 6) is -2.87. The molecule has 0 aliphatic carbocycles. The van der Waals surface area contributed by atoms with Gasteiger partial charge >= 0.3 is 5.97 Å². The van der Waals surface area contributed by atoms with Crippen LogP contribution in [0, 0.1) is 5.92 Å². The number of carbonyl (C=O) groups excluding carboxylic acids is 3. The van der Waals surface area contributed by atoms with Gasteiger partial charge in [-0.3, -0.25) is 14.4 Å². The van der Waals surface area contributed by atoms with Crippen LogP contribution in [-0.2, 0) is 19.2 Å². The first-order chi connectivity index (χ1) is 11.1. The van der Waals surface area contributed by atoms with E-state index in [9.17, 15) is 19.2 Å². The van der Waals surface area contributed by atoms with Crippen molar-refractivity contribution < 1.29 is 24.3 Å². The van der Waals surface area contributed by atoms with E-state index >= 15 is 0 Å². The Morgan fingerprint density at radius 2 is 1.92 bits per heavy atom. The van der Waals surface area contributed by atoms with Crippen molar-refractivity contribution in [1.82, 2.24) is 10.2 Å². The number of nitrogens with one attached hydrogen (secondary N) is 1. The molecule has 136 valence electrons. The molecule has 1 aliphatic heterocycles. The molecule has 3 amide bonds. The molecule has 0 spiro atoms. The summed E-state index contributed by atoms with van der Waals surface area (Å²) in [5.41, 5.74) is 10.8. The normalized spacial score (nSPS) is 19.8. The van der Waals surface area contributed by atoms with E-state index in [2.05, 4.69) is 5.32 Å². The van der Waals surface area contributed by atoms with Gasteiger partial charge in [-0.1, -0.05) is 13.8 Å². The first kappa shape index (κ1) is 19.9. The van der Waals surface area contributed by atoms with Crippen LogP contribution in [0.25, 0.3) is 0 Å². The number of rotatable bonds is 8. The maximum Gasteiger partial charge on any atom is 0.326 e. The minimum absolute atomic E-state index is 0.00789. The number of carboxylic acid groups (broad SMARTS) is 1. The van der Waals surface area contributed by atoms with Gasteiger partial charge in [0.2, 0.25) is 17.7 Å². The van der Waals surface area contributed by atoms with Crippen LogP contribution in [0.15, 0.2) is 0 Å². The maximum absolute atomic E-state index is 12.4. The van der Waals surface area contributed by atoms with E-state index < -0.39 is 41.8 Å². The van der Waals surface area contributed by atoms with Crippen molar-refractivity contribution >= 4 is 23.7 Å². The van der Waals surface area contributed by atoms with Gasteiger partial charge in [0.15, 0.2) is 0 Å². The van der Waals surface area contributed by atoms with Crippen molar-refractivity contribution in [3.05, 3.63) is 0 Å². The Morgan fingerprint density at radius 3 is 2.42 bits per heavy atom. The highest BCUT2D eigenvalue weighted by Gasteiger charge is 2.37. The molecule has 1 heterocycles. The first-order valence-electron chi connectivity index (χ1n) is 8.02. The third-order valence-electron chi connectivity index (χ3n) is 4.09. The van der Waals surface area contributed by atoms with Gasteiger partial charge in [0.1, 0.15) is 12.1 Å². The minimum Gasteiger partial charge on any atom is -0.480 e. The van der Waals surface area contributed by atoms with E-state index in [0.29, 0.717) is 19.4 Å². The molecule has 1 rings (SSSR count). The van der Waals surface area contributed by atoms with Crippen molar-refractivity contribution in [1.29, 1.82) is 0 Å². The highest BCUT2D eigenvalue weighted by molar-refractivity contribution is 5.92. The smallest absolute Gasteiger partial charge is 0.326 e. The molecule has 9 heteroatoms. The number of hydrogen-bond donors (Lipinski definition) is 4. The largest absolute Gasteiger partial charge is 0.480 e. The molecule has 3 atom stereocenters. The van der Waals surface area contributed by atoms with Crippen LogP contribution in [0.2, 0.25) is 0 Å². The van der Waals surface area contributed by atoms with Gasteiger partial charge in [-0.25, -0.2) is 4.79 Å². The van der Waals surface area contributed by atoms with Crippen LogP contribution in [0.3, 0.4) is 0 Å². The first-order valence-corrected chi connectivity index (χ1v) is 8.02. The molecule has 24 heavy (non-hydrogen) atoms. The number of carboxylic acids is 1. The lowest BCUT2D eigenvalue weighted by Crippen LogP contribution is -2.54. The van der Waals surface area contributed by atoms with Crippen LogP contribution < -0.4 is 16.8 Å². The molecule has 6 N–H and O–H groups in total. The molecule has 0 bridgehead atoms. The molecular formula is C15H26N4O5. The highest BCUT2D eigenvalue weighted by atomic mass is 16.4. The number of nitrogens with zero attached hydrogens (tertiary/aromatic N) is 1. The highest BCUT2D eigenvalue weighted by Crippen LogP contribution is 2.19. The summed E-state index contributed by atoms with van der Waals surface area (Å²) in [5, 5.41) is 11.6. The van der Waals surface area contributed by atoms with E-state index in [1.165, 1.54) is 4.90 Å². The van der Waals surface area contributed by atoms with Crippen LogP contribution in [0.1, 0.15) is 39.5 Å². The summed E-state index contributed by atoms with van der Waals surface area (Å²) in [7, 11) is 0.